The molecule has 1 aliphatic rings. The van der Waals surface area contributed by atoms with Crippen LogP contribution in [0.15, 0.2) is 0 Å². The van der Waals surface area contributed by atoms with Crippen LogP contribution < -0.4 is 5.32 Å². The molecule has 0 aromatic rings. The first-order chi connectivity index (χ1) is 8.67. The van der Waals surface area contributed by atoms with Crippen LogP contribution in [0.2, 0.25) is 0 Å². The van der Waals surface area contributed by atoms with Crippen molar-refractivity contribution in [3.8, 4) is 0 Å². The van der Waals surface area contributed by atoms with Crippen molar-refractivity contribution in [2.75, 3.05) is 46.3 Å². The zero-order chi connectivity index (χ0) is 13.4. The molecule has 1 aliphatic heterocycles. The Balaban J connectivity index is 2.17. The molecule has 0 aromatic carbocycles. The third kappa shape index (κ3) is 5.68. The van der Waals surface area contributed by atoms with E-state index in [9.17, 15) is 0 Å². The van der Waals surface area contributed by atoms with Crippen molar-refractivity contribution >= 4 is 0 Å². The first-order valence-corrected chi connectivity index (χ1v) is 7.80. The van der Waals surface area contributed by atoms with E-state index in [1.165, 1.54) is 45.4 Å². The van der Waals surface area contributed by atoms with Crippen molar-refractivity contribution in [2.24, 2.45) is 5.92 Å². The molecule has 1 heterocycles. The molecule has 0 aliphatic carbocycles. The zero-order valence-electron chi connectivity index (χ0n) is 12.9. The molecular weight excluding hydrogens is 222 g/mol. The van der Waals surface area contributed by atoms with Crippen LogP contribution in [0.25, 0.3) is 0 Å². The molecule has 0 saturated carbocycles. The lowest BCUT2D eigenvalue weighted by Crippen LogP contribution is -2.45. The molecule has 1 unspecified atom stereocenters. The Morgan fingerprint density at radius 1 is 1.28 bits per heavy atom. The number of hydrogen-bond donors (Lipinski definition) is 1. The number of hydrogen-bond acceptors (Lipinski definition) is 3. The van der Waals surface area contributed by atoms with Crippen molar-refractivity contribution in [2.45, 2.75) is 46.1 Å². The molecular formula is C15H33N3. The smallest absolute Gasteiger partial charge is 0.0117 e. The number of piperidine rings is 1. The van der Waals surface area contributed by atoms with Crippen molar-refractivity contribution in [3.63, 3.8) is 0 Å². The first-order valence-electron chi connectivity index (χ1n) is 7.80. The standard InChI is InChI=1S/C15H33N3/c1-5-9-16-12-14(3)13-17(4)15-7-10-18(6-2)11-8-15/h14-16H,5-13H2,1-4H3. The van der Waals surface area contributed by atoms with E-state index in [-0.39, 0.29) is 0 Å². The second-order valence-corrected chi connectivity index (χ2v) is 5.91. The van der Waals surface area contributed by atoms with Gasteiger partial charge in [-0.15, -0.1) is 0 Å². The molecule has 0 spiro atoms. The fourth-order valence-electron chi connectivity index (χ4n) is 2.91. The minimum Gasteiger partial charge on any atom is -0.316 e. The van der Waals surface area contributed by atoms with Crippen molar-refractivity contribution in [3.05, 3.63) is 0 Å². The van der Waals surface area contributed by atoms with Crippen LogP contribution in [-0.4, -0.2) is 62.2 Å². The van der Waals surface area contributed by atoms with E-state index in [2.05, 4.69) is 42.9 Å². The van der Waals surface area contributed by atoms with Crippen molar-refractivity contribution in [1.82, 2.24) is 15.1 Å². The summed E-state index contributed by atoms with van der Waals surface area (Å²) in [6, 6.07) is 0.807. The van der Waals surface area contributed by atoms with Gasteiger partial charge in [-0.2, -0.15) is 0 Å². The Bertz CT molecular complexity index is 200. The van der Waals surface area contributed by atoms with Crippen LogP contribution >= 0.6 is 0 Å². The van der Waals surface area contributed by atoms with E-state index < -0.39 is 0 Å². The molecule has 108 valence electrons. The van der Waals surface area contributed by atoms with Gasteiger partial charge in [-0.1, -0.05) is 20.8 Å². The van der Waals surface area contributed by atoms with Gasteiger partial charge in [0.25, 0.3) is 0 Å². The number of likely N-dealkylation sites (tertiary alicyclic amines) is 1. The zero-order valence-corrected chi connectivity index (χ0v) is 12.9. The van der Waals surface area contributed by atoms with Crippen molar-refractivity contribution in [1.29, 1.82) is 0 Å². The lowest BCUT2D eigenvalue weighted by molar-refractivity contribution is 0.120. The van der Waals surface area contributed by atoms with Gasteiger partial charge in [-0.05, 0) is 65.0 Å². The maximum absolute atomic E-state index is 3.52. The number of nitrogens with zero attached hydrogens (tertiary/aromatic N) is 2. The van der Waals surface area contributed by atoms with Gasteiger partial charge in [-0.3, -0.25) is 0 Å². The fraction of sp³-hybridized carbons (Fsp3) is 1.00. The van der Waals surface area contributed by atoms with Gasteiger partial charge in [0.2, 0.25) is 0 Å². The SMILES string of the molecule is CCCNCC(C)CN(C)C1CCN(CC)CC1. The molecule has 3 heteroatoms. The third-order valence-electron chi connectivity index (χ3n) is 4.15. The average molecular weight is 255 g/mol. The van der Waals surface area contributed by atoms with E-state index in [0.717, 1.165) is 25.0 Å². The highest BCUT2D eigenvalue weighted by molar-refractivity contribution is 4.78. The summed E-state index contributed by atoms with van der Waals surface area (Å²) >= 11 is 0. The van der Waals surface area contributed by atoms with Crippen LogP contribution in [-0.2, 0) is 0 Å². The predicted octanol–water partition coefficient (Wildman–Crippen LogP) is 2.04. The molecule has 0 amide bonds. The Kier molecular flexibility index (Phi) is 7.87. The Morgan fingerprint density at radius 3 is 2.50 bits per heavy atom. The van der Waals surface area contributed by atoms with Crippen LogP contribution in [0.3, 0.4) is 0 Å². The average Bonchev–Trinajstić information content (AvgIpc) is 2.39. The number of nitrogens with one attached hydrogen (secondary N) is 1. The fourth-order valence-corrected chi connectivity index (χ4v) is 2.91. The second-order valence-electron chi connectivity index (χ2n) is 5.91. The summed E-state index contributed by atoms with van der Waals surface area (Å²) in [7, 11) is 2.31. The van der Waals surface area contributed by atoms with Crippen LogP contribution in [0.4, 0.5) is 0 Å². The normalized spacial score (nSPS) is 20.5. The topological polar surface area (TPSA) is 18.5 Å². The van der Waals surface area contributed by atoms with E-state index in [1.54, 1.807) is 0 Å². The second kappa shape index (κ2) is 8.89. The van der Waals surface area contributed by atoms with Crippen LogP contribution in [0.1, 0.15) is 40.0 Å². The maximum Gasteiger partial charge on any atom is 0.0117 e. The van der Waals surface area contributed by atoms with Gasteiger partial charge in [0.1, 0.15) is 0 Å². The van der Waals surface area contributed by atoms with Gasteiger partial charge in [0.15, 0.2) is 0 Å². The van der Waals surface area contributed by atoms with E-state index in [1.807, 2.05) is 0 Å². The molecule has 1 rings (SSSR count). The molecule has 3 nitrogen and oxygen atoms in total. The molecule has 0 aromatic heterocycles. The van der Waals surface area contributed by atoms with E-state index in [4.69, 9.17) is 0 Å². The summed E-state index contributed by atoms with van der Waals surface area (Å²) in [4.78, 5) is 5.15. The summed E-state index contributed by atoms with van der Waals surface area (Å²) in [5, 5.41) is 3.52. The molecule has 0 radical (unpaired) electrons. The Hall–Kier alpha value is -0.120. The van der Waals surface area contributed by atoms with Gasteiger partial charge in [-0.25, -0.2) is 0 Å². The van der Waals surface area contributed by atoms with Crippen LogP contribution in [0, 0.1) is 5.92 Å². The highest BCUT2D eigenvalue weighted by atomic mass is 15.2. The van der Waals surface area contributed by atoms with Gasteiger partial charge in [0, 0.05) is 12.6 Å². The summed E-state index contributed by atoms with van der Waals surface area (Å²) in [5.74, 6) is 0.755. The molecule has 1 N–H and O–H groups in total. The van der Waals surface area contributed by atoms with E-state index in [0.29, 0.717) is 0 Å². The van der Waals surface area contributed by atoms with E-state index >= 15 is 0 Å². The summed E-state index contributed by atoms with van der Waals surface area (Å²) in [5.41, 5.74) is 0. The highest BCUT2D eigenvalue weighted by Crippen LogP contribution is 2.16. The lowest BCUT2D eigenvalue weighted by Gasteiger charge is -2.37. The molecule has 0 bridgehead atoms. The van der Waals surface area contributed by atoms with Gasteiger partial charge < -0.3 is 15.1 Å². The molecule has 1 atom stereocenters. The van der Waals surface area contributed by atoms with Crippen molar-refractivity contribution < 1.29 is 0 Å². The van der Waals surface area contributed by atoms with Gasteiger partial charge >= 0.3 is 0 Å². The summed E-state index contributed by atoms with van der Waals surface area (Å²) in [6.45, 7) is 14.2. The molecule has 1 fully saturated rings. The quantitative estimate of drug-likeness (QED) is 0.670. The minimum atomic E-state index is 0.755. The summed E-state index contributed by atoms with van der Waals surface area (Å²) < 4.78 is 0. The Labute approximate surface area is 114 Å². The van der Waals surface area contributed by atoms with Gasteiger partial charge in [0.05, 0.1) is 0 Å². The number of rotatable bonds is 8. The summed E-state index contributed by atoms with van der Waals surface area (Å²) in [6.07, 6.45) is 3.93. The predicted molar refractivity (Wildman–Crippen MR) is 80.1 cm³/mol. The lowest BCUT2D eigenvalue weighted by atomic mass is 10.0. The maximum atomic E-state index is 3.52. The first kappa shape index (κ1) is 15.9. The monoisotopic (exact) mass is 255 g/mol. The third-order valence-corrected chi connectivity index (χ3v) is 4.15. The molecule has 18 heavy (non-hydrogen) atoms. The minimum absolute atomic E-state index is 0.755. The largest absolute Gasteiger partial charge is 0.316 e. The Morgan fingerprint density at radius 2 is 1.94 bits per heavy atom. The molecule has 1 saturated heterocycles. The van der Waals surface area contributed by atoms with Crippen LogP contribution in [0.5, 0.6) is 0 Å². The highest BCUT2D eigenvalue weighted by Gasteiger charge is 2.22.